The molecule has 0 spiro atoms. The molecule has 0 aliphatic rings. The maximum atomic E-state index is 13.0. The molecular formula is C13H8FN3O3. The van der Waals surface area contributed by atoms with Gasteiger partial charge in [-0.1, -0.05) is 6.07 Å². The van der Waals surface area contributed by atoms with E-state index in [2.05, 4.69) is 10.3 Å². The summed E-state index contributed by atoms with van der Waals surface area (Å²) in [5.41, 5.74) is 1.22. The fourth-order valence-electron chi connectivity index (χ4n) is 1.77. The average molecular weight is 273 g/mol. The number of nitrogens with zero attached hydrogens (tertiary/aromatic N) is 2. The molecule has 0 aliphatic carbocycles. The van der Waals surface area contributed by atoms with E-state index in [1.807, 2.05) is 0 Å². The highest BCUT2D eigenvalue weighted by Crippen LogP contribution is 2.24. The minimum atomic E-state index is -0.493. The van der Waals surface area contributed by atoms with Crippen LogP contribution < -0.4 is 5.32 Å². The molecule has 3 aromatic rings. The molecule has 0 atom stereocenters. The Labute approximate surface area is 112 Å². The van der Waals surface area contributed by atoms with Crippen molar-refractivity contribution in [1.82, 2.24) is 4.98 Å². The quantitative estimate of drug-likeness (QED) is 0.582. The zero-order valence-corrected chi connectivity index (χ0v) is 10.0. The summed E-state index contributed by atoms with van der Waals surface area (Å²) < 4.78 is 18.4. The molecule has 7 heteroatoms. The summed E-state index contributed by atoms with van der Waals surface area (Å²) in [6.45, 7) is 0. The van der Waals surface area contributed by atoms with Crippen molar-refractivity contribution in [2.24, 2.45) is 0 Å². The number of aromatic nitrogens is 1. The molecule has 0 fully saturated rings. The van der Waals surface area contributed by atoms with Crippen LogP contribution in [0, 0.1) is 15.9 Å². The lowest BCUT2D eigenvalue weighted by Crippen LogP contribution is -1.92. The molecule has 20 heavy (non-hydrogen) atoms. The zero-order chi connectivity index (χ0) is 14.1. The Bertz CT molecular complexity index is 800. The number of nitro groups is 1. The van der Waals surface area contributed by atoms with Crippen LogP contribution in [0.1, 0.15) is 0 Å². The first-order valence-electron chi connectivity index (χ1n) is 5.69. The van der Waals surface area contributed by atoms with Gasteiger partial charge in [0, 0.05) is 23.9 Å². The number of hydrogen-bond acceptors (Lipinski definition) is 5. The highest BCUT2D eigenvalue weighted by molar-refractivity contribution is 5.75. The number of benzene rings is 2. The summed E-state index contributed by atoms with van der Waals surface area (Å²) >= 11 is 0. The summed E-state index contributed by atoms with van der Waals surface area (Å²) in [7, 11) is 0. The van der Waals surface area contributed by atoms with Crippen molar-refractivity contribution < 1.29 is 13.7 Å². The Morgan fingerprint density at radius 3 is 2.90 bits per heavy atom. The summed E-state index contributed by atoms with van der Waals surface area (Å²) in [5.74, 6) is -0.421. The number of oxazole rings is 1. The van der Waals surface area contributed by atoms with Gasteiger partial charge < -0.3 is 9.73 Å². The van der Waals surface area contributed by atoms with E-state index in [1.54, 1.807) is 12.1 Å². The van der Waals surface area contributed by atoms with Crippen LogP contribution in [0.2, 0.25) is 0 Å². The van der Waals surface area contributed by atoms with Crippen LogP contribution in [0.4, 0.5) is 21.8 Å². The fraction of sp³-hybridized carbons (Fsp3) is 0. The van der Waals surface area contributed by atoms with Crippen LogP contribution >= 0.6 is 0 Å². The second-order valence-electron chi connectivity index (χ2n) is 4.06. The van der Waals surface area contributed by atoms with E-state index < -0.39 is 10.7 Å². The van der Waals surface area contributed by atoms with Gasteiger partial charge in [-0.05, 0) is 18.2 Å². The van der Waals surface area contributed by atoms with Crippen LogP contribution in [-0.2, 0) is 0 Å². The van der Waals surface area contributed by atoms with Gasteiger partial charge in [-0.3, -0.25) is 10.1 Å². The third kappa shape index (κ3) is 2.28. The van der Waals surface area contributed by atoms with Gasteiger partial charge in [0.1, 0.15) is 11.3 Å². The Morgan fingerprint density at radius 2 is 2.10 bits per heavy atom. The number of fused-ring (bicyclic) bond motifs is 1. The van der Waals surface area contributed by atoms with Gasteiger partial charge in [0.25, 0.3) is 11.7 Å². The third-order valence-electron chi connectivity index (χ3n) is 2.66. The minimum absolute atomic E-state index is 0.0443. The number of nitro benzene ring substituents is 1. The van der Waals surface area contributed by atoms with Crippen molar-refractivity contribution in [2.75, 3.05) is 5.32 Å². The number of non-ortho nitro benzene ring substituents is 1. The first-order chi connectivity index (χ1) is 9.61. The molecular weight excluding hydrogens is 265 g/mol. The van der Waals surface area contributed by atoms with Crippen LogP contribution in [0.25, 0.3) is 11.1 Å². The van der Waals surface area contributed by atoms with Crippen LogP contribution in [-0.4, -0.2) is 9.91 Å². The molecule has 0 bridgehead atoms. The van der Waals surface area contributed by atoms with Gasteiger partial charge in [-0.2, -0.15) is 4.98 Å². The average Bonchev–Trinajstić information content (AvgIpc) is 2.80. The third-order valence-corrected chi connectivity index (χ3v) is 2.66. The van der Waals surface area contributed by atoms with Crippen LogP contribution in [0.15, 0.2) is 46.9 Å². The largest absolute Gasteiger partial charge is 0.423 e. The Balaban J connectivity index is 1.92. The van der Waals surface area contributed by atoms with E-state index in [9.17, 15) is 14.5 Å². The molecule has 100 valence electrons. The maximum Gasteiger partial charge on any atom is 0.300 e. The molecule has 0 saturated carbocycles. The second kappa shape index (κ2) is 4.61. The number of hydrogen-bond donors (Lipinski definition) is 1. The number of anilines is 2. The summed E-state index contributed by atoms with van der Waals surface area (Å²) in [5, 5.41) is 13.5. The lowest BCUT2D eigenvalue weighted by Gasteiger charge is -2.00. The second-order valence-corrected chi connectivity index (χ2v) is 4.06. The van der Waals surface area contributed by atoms with Crippen molar-refractivity contribution >= 4 is 28.5 Å². The summed E-state index contributed by atoms with van der Waals surface area (Å²) in [6.07, 6.45) is 0. The molecule has 0 saturated heterocycles. The van der Waals surface area contributed by atoms with Crippen molar-refractivity contribution in [3.63, 3.8) is 0 Å². The first kappa shape index (κ1) is 12.1. The molecule has 1 heterocycles. The van der Waals surface area contributed by atoms with Crippen molar-refractivity contribution in [2.45, 2.75) is 0 Å². The predicted octanol–water partition coefficient (Wildman–Crippen LogP) is 3.62. The number of rotatable bonds is 3. The van der Waals surface area contributed by atoms with E-state index >= 15 is 0 Å². The molecule has 0 amide bonds. The number of nitrogens with one attached hydrogen (secondary N) is 1. The molecule has 0 unspecified atom stereocenters. The normalized spacial score (nSPS) is 10.7. The van der Waals surface area contributed by atoms with E-state index in [0.717, 1.165) is 0 Å². The monoisotopic (exact) mass is 273 g/mol. The molecule has 6 nitrogen and oxygen atoms in total. The van der Waals surface area contributed by atoms with Crippen molar-refractivity contribution in [3.05, 3.63) is 58.4 Å². The van der Waals surface area contributed by atoms with E-state index in [1.165, 1.54) is 30.3 Å². The van der Waals surface area contributed by atoms with Gasteiger partial charge >= 0.3 is 0 Å². The molecule has 2 aromatic carbocycles. The minimum Gasteiger partial charge on any atom is -0.423 e. The lowest BCUT2D eigenvalue weighted by atomic mass is 10.3. The molecule has 3 rings (SSSR count). The topological polar surface area (TPSA) is 81.2 Å². The van der Waals surface area contributed by atoms with Crippen LogP contribution in [0.5, 0.6) is 0 Å². The molecule has 1 aromatic heterocycles. The van der Waals surface area contributed by atoms with Gasteiger partial charge in [0.15, 0.2) is 5.58 Å². The highest BCUT2D eigenvalue weighted by Gasteiger charge is 2.09. The molecule has 0 aliphatic heterocycles. The Kier molecular flexibility index (Phi) is 2.79. The summed E-state index contributed by atoms with van der Waals surface area (Å²) in [6, 6.07) is 10.1. The van der Waals surface area contributed by atoms with Gasteiger partial charge in [0.05, 0.1) is 4.92 Å². The SMILES string of the molecule is O=[N+]([O-])c1cccc(Nc2nc3ccc(F)cc3o2)c1. The van der Waals surface area contributed by atoms with Crippen molar-refractivity contribution in [1.29, 1.82) is 0 Å². The smallest absolute Gasteiger partial charge is 0.300 e. The van der Waals surface area contributed by atoms with Gasteiger partial charge in [-0.25, -0.2) is 4.39 Å². The first-order valence-corrected chi connectivity index (χ1v) is 5.69. The molecule has 1 N–H and O–H groups in total. The number of halogens is 1. The highest BCUT2D eigenvalue weighted by atomic mass is 19.1. The van der Waals surface area contributed by atoms with E-state index in [0.29, 0.717) is 16.8 Å². The van der Waals surface area contributed by atoms with Crippen molar-refractivity contribution in [3.8, 4) is 0 Å². The fourth-order valence-corrected chi connectivity index (χ4v) is 1.77. The van der Waals surface area contributed by atoms with Crippen LogP contribution in [0.3, 0.4) is 0 Å². The lowest BCUT2D eigenvalue weighted by molar-refractivity contribution is -0.384. The van der Waals surface area contributed by atoms with Gasteiger partial charge in [-0.15, -0.1) is 0 Å². The predicted molar refractivity (Wildman–Crippen MR) is 70.3 cm³/mol. The van der Waals surface area contributed by atoms with E-state index in [4.69, 9.17) is 4.42 Å². The van der Waals surface area contributed by atoms with Gasteiger partial charge in [0.2, 0.25) is 0 Å². The summed E-state index contributed by atoms with van der Waals surface area (Å²) in [4.78, 5) is 14.3. The standard InChI is InChI=1S/C13H8FN3O3/c14-8-4-5-11-12(6-8)20-13(16-11)15-9-2-1-3-10(7-9)17(18)19/h1-7H,(H,15,16). The zero-order valence-electron chi connectivity index (χ0n) is 10.0. The Hall–Kier alpha value is -2.96. The Morgan fingerprint density at radius 1 is 1.25 bits per heavy atom. The maximum absolute atomic E-state index is 13.0. The van der Waals surface area contributed by atoms with E-state index in [-0.39, 0.29) is 11.7 Å². The molecule has 0 radical (unpaired) electrons.